The average molecular weight is 846 g/mol. The van der Waals surface area contributed by atoms with Crippen LogP contribution in [0.4, 0.5) is 0 Å². The summed E-state index contributed by atoms with van der Waals surface area (Å²) >= 11 is 0. The zero-order valence-corrected chi connectivity index (χ0v) is 35.3. The van der Waals surface area contributed by atoms with Gasteiger partial charge < -0.3 is 42.6 Å². The van der Waals surface area contributed by atoms with E-state index in [1.807, 2.05) is 159 Å². The number of hydrogen-bond donors (Lipinski definition) is 0. The average Bonchev–Trinajstić information content (AvgIpc) is 3.32. The molecule has 0 radical (unpaired) electrons. The number of carbonyl (C=O) groups is 1. The second-order valence-corrected chi connectivity index (χ2v) is 14.7. The molecule has 326 valence electrons. The number of hydrogen-bond acceptors (Lipinski definition) is 11. The summed E-state index contributed by atoms with van der Waals surface area (Å²) in [7, 11) is 1.44. The highest BCUT2D eigenvalue weighted by atomic mass is 16.8. The van der Waals surface area contributed by atoms with E-state index < -0.39 is 61.2 Å². The van der Waals surface area contributed by atoms with E-state index in [1.54, 1.807) is 6.92 Å². The molecule has 5 unspecified atom stereocenters. The summed E-state index contributed by atoms with van der Waals surface area (Å²) in [5.74, 6) is -0.673. The van der Waals surface area contributed by atoms with Gasteiger partial charge in [0.05, 0.1) is 38.6 Å². The summed E-state index contributed by atoms with van der Waals surface area (Å²) in [6, 6.07) is 46.8. The molecule has 0 aromatic heterocycles. The van der Waals surface area contributed by atoms with Gasteiger partial charge in [0.25, 0.3) is 0 Å². The first-order valence-electron chi connectivity index (χ1n) is 20.8. The van der Waals surface area contributed by atoms with E-state index in [0.717, 1.165) is 27.8 Å². The van der Waals surface area contributed by atoms with Crippen LogP contribution in [0, 0.1) is 0 Å². The minimum atomic E-state index is -1.31. The van der Waals surface area contributed by atoms with Crippen molar-refractivity contribution in [3.63, 3.8) is 0 Å². The van der Waals surface area contributed by atoms with Crippen LogP contribution in [0.15, 0.2) is 157 Å². The Morgan fingerprint density at radius 1 is 0.629 bits per heavy atom. The second kappa shape index (κ2) is 24.9. The first-order valence-corrected chi connectivity index (χ1v) is 20.8. The molecule has 1 aliphatic rings. The molecular formula is C49H55N3O10. The summed E-state index contributed by atoms with van der Waals surface area (Å²) in [6.07, 6.45) is -8.53. The van der Waals surface area contributed by atoms with Crippen LogP contribution in [-0.2, 0) is 80.5 Å². The molecule has 13 heteroatoms. The van der Waals surface area contributed by atoms with Crippen molar-refractivity contribution in [1.29, 1.82) is 0 Å². The predicted molar refractivity (Wildman–Crippen MR) is 231 cm³/mol. The van der Waals surface area contributed by atoms with Crippen LogP contribution >= 0.6 is 0 Å². The molecule has 0 bridgehead atoms. The SMILES string of the molecule is CCO[C@@H](OC1C(OCc2ccccc2)[C@H](OCc2ccccc2)C(C(=O)OCc2ccccc2)O[C@H]1OC)C(N=[N+]=[N-])C(OCc1ccccc1)[C@H](C)OCc1ccccc1. The highest BCUT2D eigenvalue weighted by Crippen LogP contribution is 2.34. The van der Waals surface area contributed by atoms with Crippen molar-refractivity contribution in [2.75, 3.05) is 13.7 Å². The molecule has 1 heterocycles. The predicted octanol–water partition coefficient (Wildman–Crippen LogP) is 8.89. The number of methoxy groups -OCH3 is 1. The van der Waals surface area contributed by atoms with Gasteiger partial charge in [-0.3, -0.25) is 0 Å². The quantitative estimate of drug-likeness (QED) is 0.0194. The zero-order valence-electron chi connectivity index (χ0n) is 35.3. The van der Waals surface area contributed by atoms with E-state index in [4.69, 9.17) is 42.6 Å². The van der Waals surface area contributed by atoms with Gasteiger partial charge in [0.1, 0.15) is 31.0 Å². The van der Waals surface area contributed by atoms with E-state index in [0.29, 0.717) is 0 Å². The fourth-order valence-electron chi connectivity index (χ4n) is 7.10. The van der Waals surface area contributed by atoms with Gasteiger partial charge in [-0.25, -0.2) is 4.79 Å². The Balaban J connectivity index is 1.35. The summed E-state index contributed by atoms with van der Waals surface area (Å²) in [5, 5.41) is 4.26. The maximum atomic E-state index is 14.1. The largest absolute Gasteiger partial charge is 0.459 e. The molecule has 0 saturated carbocycles. The smallest absolute Gasteiger partial charge is 0.338 e. The fourth-order valence-corrected chi connectivity index (χ4v) is 7.10. The van der Waals surface area contributed by atoms with Crippen molar-refractivity contribution < 1.29 is 47.4 Å². The lowest BCUT2D eigenvalue weighted by Gasteiger charge is -2.46. The third kappa shape index (κ3) is 13.5. The summed E-state index contributed by atoms with van der Waals surface area (Å²) in [6.45, 7) is 4.50. The standard InChI is InChI=1S/C49H55N3O10/c1-4-55-48(41(51-52-50)42(57-31-37-22-12-6-13-23-37)35(2)56-30-36-20-10-5-11-21-36)62-46-44(59-33-39-26-16-8-17-27-39)43(58-32-38-24-14-7-15-25-38)45(61-49(46)54-3)47(53)60-34-40-28-18-9-19-29-40/h5-29,35,41-46,48-49H,4,30-34H2,1-3H3/t35-,41?,42?,43-,44?,45?,46?,48-,49+/m0/s1. The van der Waals surface area contributed by atoms with Crippen LogP contribution in [0.25, 0.3) is 10.4 Å². The minimum Gasteiger partial charge on any atom is -0.459 e. The van der Waals surface area contributed by atoms with Gasteiger partial charge in [-0.2, -0.15) is 0 Å². The Bertz CT molecular complexity index is 2060. The van der Waals surface area contributed by atoms with Crippen molar-refractivity contribution >= 4 is 5.97 Å². The number of esters is 1. The van der Waals surface area contributed by atoms with Crippen LogP contribution in [0.1, 0.15) is 41.7 Å². The molecule has 0 aliphatic carbocycles. The Labute approximate surface area is 363 Å². The number of rotatable bonds is 24. The normalized spacial score (nSPS) is 20.6. The molecule has 6 rings (SSSR count). The molecule has 1 aliphatic heterocycles. The first-order chi connectivity index (χ1) is 30.5. The maximum Gasteiger partial charge on any atom is 0.338 e. The molecular weight excluding hydrogens is 791 g/mol. The van der Waals surface area contributed by atoms with E-state index in [2.05, 4.69) is 10.0 Å². The van der Waals surface area contributed by atoms with Gasteiger partial charge in [0.15, 0.2) is 18.7 Å². The number of nitrogens with zero attached hydrogens (tertiary/aromatic N) is 3. The monoisotopic (exact) mass is 845 g/mol. The van der Waals surface area contributed by atoms with Crippen LogP contribution in [0.5, 0.6) is 0 Å². The lowest BCUT2D eigenvalue weighted by Crippen LogP contribution is -2.64. The Morgan fingerprint density at radius 3 is 1.55 bits per heavy atom. The van der Waals surface area contributed by atoms with Crippen molar-refractivity contribution in [1.82, 2.24) is 0 Å². The highest BCUT2D eigenvalue weighted by Gasteiger charge is 2.53. The Hall–Kier alpha value is -5.44. The summed E-state index contributed by atoms with van der Waals surface area (Å²) < 4.78 is 57.8. The van der Waals surface area contributed by atoms with E-state index >= 15 is 0 Å². The molecule has 13 nitrogen and oxygen atoms in total. The lowest BCUT2D eigenvalue weighted by molar-refractivity contribution is -0.340. The maximum absolute atomic E-state index is 14.1. The highest BCUT2D eigenvalue weighted by molar-refractivity contribution is 5.76. The van der Waals surface area contributed by atoms with Gasteiger partial charge in [0.2, 0.25) is 0 Å². The van der Waals surface area contributed by atoms with Gasteiger partial charge in [0, 0.05) is 18.6 Å². The van der Waals surface area contributed by atoms with Gasteiger partial charge in [-0.15, -0.1) is 0 Å². The number of ether oxygens (including phenoxy) is 9. The van der Waals surface area contributed by atoms with Gasteiger partial charge in [-0.1, -0.05) is 157 Å². The van der Waals surface area contributed by atoms with Crippen molar-refractivity contribution in [2.24, 2.45) is 5.11 Å². The first kappa shape index (κ1) is 46.1. The molecule has 0 N–H and O–H groups in total. The van der Waals surface area contributed by atoms with Crippen LogP contribution in [-0.4, -0.2) is 74.9 Å². The summed E-state index contributed by atoms with van der Waals surface area (Å²) in [5.41, 5.74) is 14.5. The Kier molecular flexibility index (Phi) is 18.5. The minimum absolute atomic E-state index is 0.00715. The Morgan fingerprint density at radius 2 is 1.08 bits per heavy atom. The lowest BCUT2D eigenvalue weighted by atomic mass is 9.97. The van der Waals surface area contributed by atoms with Crippen molar-refractivity contribution in [3.05, 3.63) is 190 Å². The molecule has 0 amide bonds. The zero-order chi connectivity index (χ0) is 43.4. The van der Waals surface area contributed by atoms with Gasteiger partial charge >= 0.3 is 5.97 Å². The van der Waals surface area contributed by atoms with Crippen LogP contribution in [0.3, 0.4) is 0 Å². The molecule has 0 spiro atoms. The number of azide groups is 1. The molecule has 9 atom stereocenters. The third-order valence-electron chi connectivity index (χ3n) is 10.3. The van der Waals surface area contributed by atoms with Crippen LogP contribution < -0.4 is 0 Å². The topological polar surface area (TPSA) is 149 Å². The second-order valence-electron chi connectivity index (χ2n) is 14.7. The molecule has 1 fully saturated rings. The van der Waals surface area contributed by atoms with E-state index in [9.17, 15) is 10.3 Å². The van der Waals surface area contributed by atoms with Gasteiger partial charge in [-0.05, 0) is 47.2 Å². The van der Waals surface area contributed by atoms with Crippen molar-refractivity contribution in [3.8, 4) is 0 Å². The fraction of sp³-hybridized carbons (Fsp3) is 0.367. The molecule has 1 saturated heterocycles. The summed E-state index contributed by atoms with van der Waals surface area (Å²) in [4.78, 5) is 17.4. The molecule has 5 aromatic carbocycles. The molecule has 5 aromatic rings. The van der Waals surface area contributed by atoms with E-state index in [-0.39, 0.29) is 39.6 Å². The number of carbonyl (C=O) groups excluding carboxylic acids is 1. The van der Waals surface area contributed by atoms with Crippen molar-refractivity contribution in [2.45, 2.75) is 102 Å². The van der Waals surface area contributed by atoms with E-state index in [1.165, 1.54) is 7.11 Å². The van der Waals surface area contributed by atoms with Crippen LogP contribution in [0.2, 0.25) is 0 Å². The third-order valence-corrected chi connectivity index (χ3v) is 10.3. The molecule has 62 heavy (non-hydrogen) atoms. The number of benzene rings is 5.